The number of aryl methyl sites for hydroxylation is 1. The highest BCUT2D eigenvalue weighted by molar-refractivity contribution is 6.33. The minimum absolute atomic E-state index is 0.0148. The molecule has 1 aromatic heterocycles. The number of aliphatic hydroxyl groups excluding tert-OH is 1. The van der Waals surface area contributed by atoms with E-state index in [0.717, 1.165) is 4.68 Å². The van der Waals surface area contributed by atoms with Crippen LogP contribution in [-0.2, 0) is 7.05 Å². The van der Waals surface area contributed by atoms with Gasteiger partial charge in [-0.25, -0.2) is 4.68 Å². The van der Waals surface area contributed by atoms with E-state index in [4.69, 9.17) is 22.4 Å². The first kappa shape index (κ1) is 11.8. The number of rotatable bonds is 3. The van der Waals surface area contributed by atoms with E-state index < -0.39 is 5.56 Å². The molecule has 6 nitrogen and oxygen atoms in total. The fraction of sp³-hybridized carbons (Fsp3) is 0.500. The molecular formula is C8H13ClN4O2. The van der Waals surface area contributed by atoms with E-state index in [-0.39, 0.29) is 17.4 Å². The van der Waals surface area contributed by atoms with Crippen LogP contribution in [-0.4, -0.2) is 35.1 Å². The third-order valence-corrected chi connectivity index (χ3v) is 2.35. The molecule has 3 N–H and O–H groups in total. The third-order valence-electron chi connectivity index (χ3n) is 2.01. The zero-order chi connectivity index (χ0) is 11.6. The molecule has 15 heavy (non-hydrogen) atoms. The van der Waals surface area contributed by atoms with Crippen LogP contribution in [0.25, 0.3) is 0 Å². The Morgan fingerprint density at radius 2 is 2.27 bits per heavy atom. The van der Waals surface area contributed by atoms with Gasteiger partial charge in [0.15, 0.2) is 5.82 Å². The number of anilines is 2. The number of halogens is 1. The fourth-order valence-corrected chi connectivity index (χ4v) is 1.60. The number of nitrogens with two attached hydrogens (primary N) is 1. The van der Waals surface area contributed by atoms with Gasteiger partial charge < -0.3 is 15.7 Å². The van der Waals surface area contributed by atoms with E-state index in [2.05, 4.69) is 5.10 Å². The molecule has 0 radical (unpaired) electrons. The van der Waals surface area contributed by atoms with E-state index >= 15 is 0 Å². The van der Waals surface area contributed by atoms with Crippen molar-refractivity contribution >= 4 is 23.1 Å². The van der Waals surface area contributed by atoms with Crippen molar-refractivity contribution in [3.8, 4) is 0 Å². The van der Waals surface area contributed by atoms with Crippen molar-refractivity contribution in [2.45, 2.75) is 0 Å². The molecule has 0 atom stereocenters. The molecule has 0 amide bonds. The smallest absolute Gasteiger partial charge is 0.287 e. The summed E-state index contributed by atoms with van der Waals surface area (Å²) in [7, 11) is 3.15. The SMILES string of the molecule is CN(CCO)c1c(N)nn(C)c(=O)c1Cl. The largest absolute Gasteiger partial charge is 0.395 e. The normalized spacial score (nSPS) is 10.4. The molecular weight excluding hydrogens is 220 g/mol. The van der Waals surface area contributed by atoms with E-state index in [1.165, 1.54) is 7.05 Å². The lowest BCUT2D eigenvalue weighted by Crippen LogP contribution is -2.29. The van der Waals surface area contributed by atoms with Gasteiger partial charge in [-0.05, 0) is 0 Å². The van der Waals surface area contributed by atoms with Crippen LogP contribution in [0.5, 0.6) is 0 Å². The minimum atomic E-state index is -0.411. The van der Waals surface area contributed by atoms with Gasteiger partial charge >= 0.3 is 0 Å². The van der Waals surface area contributed by atoms with Crippen molar-refractivity contribution in [1.82, 2.24) is 9.78 Å². The van der Waals surface area contributed by atoms with Crippen molar-refractivity contribution < 1.29 is 5.11 Å². The van der Waals surface area contributed by atoms with Gasteiger partial charge in [-0.1, -0.05) is 11.6 Å². The number of hydrogen-bond acceptors (Lipinski definition) is 5. The van der Waals surface area contributed by atoms with E-state index in [1.54, 1.807) is 11.9 Å². The van der Waals surface area contributed by atoms with Gasteiger partial charge in [-0.3, -0.25) is 4.79 Å². The third kappa shape index (κ3) is 2.21. The first-order valence-corrected chi connectivity index (χ1v) is 4.71. The Hall–Kier alpha value is -1.27. The molecule has 0 aliphatic heterocycles. The highest BCUT2D eigenvalue weighted by atomic mass is 35.5. The van der Waals surface area contributed by atoms with E-state index in [0.29, 0.717) is 12.2 Å². The summed E-state index contributed by atoms with van der Waals surface area (Å²) in [6, 6.07) is 0. The van der Waals surface area contributed by atoms with Gasteiger partial charge in [0.1, 0.15) is 10.7 Å². The average molecular weight is 233 g/mol. The lowest BCUT2D eigenvalue weighted by atomic mass is 10.3. The number of hydrogen-bond donors (Lipinski definition) is 2. The van der Waals surface area contributed by atoms with Gasteiger partial charge in [-0.15, -0.1) is 0 Å². The Morgan fingerprint density at radius 3 is 2.80 bits per heavy atom. The summed E-state index contributed by atoms with van der Waals surface area (Å²) in [6.07, 6.45) is 0. The van der Waals surface area contributed by atoms with Gasteiger partial charge in [0.25, 0.3) is 5.56 Å². The molecule has 84 valence electrons. The Morgan fingerprint density at radius 1 is 1.67 bits per heavy atom. The molecule has 0 bridgehead atoms. The molecule has 0 aliphatic carbocycles. The number of aromatic nitrogens is 2. The topological polar surface area (TPSA) is 84.4 Å². The Balaban J connectivity index is 3.29. The number of nitrogens with zero attached hydrogens (tertiary/aromatic N) is 3. The Bertz CT molecular complexity index is 418. The number of aliphatic hydroxyl groups is 1. The predicted molar refractivity (Wildman–Crippen MR) is 59.3 cm³/mol. The maximum Gasteiger partial charge on any atom is 0.287 e. The van der Waals surface area contributed by atoms with Gasteiger partial charge in [0.05, 0.1) is 6.61 Å². The zero-order valence-electron chi connectivity index (χ0n) is 8.57. The molecule has 7 heteroatoms. The minimum Gasteiger partial charge on any atom is -0.395 e. The molecule has 1 rings (SSSR count). The van der Waals surface area contributed by atoms with Crippen LogP contribution >= 0.6 is 11.6 Å². The summed E-state index contributed by atoms with van der Waals surface area (Å²) in [5.41, 5.74) is 5.59. The Labute approximate surface area is 91.9 Å². The van der Waals surface area contributed by atoms with Crippen molar-refractivity contribution in [3.05, 3.63) is 15.4 Å². The van der Waals surface area contributed by atoms with Crippen LogP contribution in [0.2, 0.25) is 5.02 Å². The monoisotopic (exact) mass is 232 g/mol. The maximum atomic E-state index is 11.5. The number of nitrogen functional groups attached to an aromatic ring is 1. The van der Waals surface area contributed by atoms with Gasteiger partial charge in [0.2, 0.25) is 0 Å². The van der Waals surface area contributed by atoms with Crippen LogP contribution in [0, 0.1) is 0 Å². The van der Waals surface area contributed by atoms with Gasteiger partial charge in [-0.2, -0.15) is 5.10 Å². The van der Waals surface area contributed by atoms with Crippen LogP contribution in [0.3, 0.4) is 0 Å². The highest BCUT2D eigenvalue weighted by Gasteiger charge is 2.15. The molecule has 0 fully saturated rings. The van der Waals surface area contributed by atoms with Crippen LogP contribution in [0.1, 0.15) is 0 Å². The fourth-order valence-electron chi connectivity index (χ4n) is 1.24. The van der Waals surface area contributed by atoms with Crippen molar-refractivity contribution in [2.75, 3.05) is 30.8 Å². The molecule has 1 heterocycles. The molecule has 0 saturated heterocycles. The zero-order valence-corrected chi connectivity index (χ0v) is 9.32. The van der Waals surface area contributed by atoms with E-state index in [1.807, 2.05) is 0 Å². The predicted octanol–water partition coefficient (Wildman–Crippen LogP) is -0.556. The lowest BCUT2D eigenvalue weighted by molar-refractivity contribution is 0.304. The van der Waals surface area contributed by atoms with E-state index in [9.17, 15) is 4.79 Å². The summed E-state index contributed by atoms with van der Waals surface area (Å²) in [5, 5.41) is 12.6. The standard InChI is InChI=1S/C8H13ClN4O2/c1-12(3-4-14)6-5(9)8(15)13(2)11-7(6)10/h14H,3-4H2,1-2H3,(H2,10,11). The van der Waals surface area contributed by atoms with Crippen LogP contribution in [0.4, 0.5) is 11.5 Å². The maximum absolute atomic E-state index is 11.5. The molecule has 0 saturated carbocycles. The highest BCUT2D eigenvalue weighted by Crippen LogP contribution is 2.25. The molecule has 0 unspecified atom stereocenters. The summed E-state index contributed by atoms with van der Waals surface area (Å²) in [5.74, 6) is 0.165. The van der Waals surface area contributed by atoms with Gasteiger partial charge in [0, 0.05) is 20.6 Å². The second-order valence-corrected chi connectivity index (χ2v) is 3.50. The molecule has 1 aromatic rings. The molecule has 0 aliphatic rings. The van der Waals surface area contributed by atoms with Crippen molar-refractivity contribution in [2.24, 2.45) is 7.05 Å². The second kappa shape index (κ2) is 4.50. The molecule has 0 aromatic carbocycles. The Kier molecular flexibility index (Phi) is 3.54. The lowest BCUT2D eigenvalue weighted by Gasteiger charge is -2.20. The summed E-state index contributed by atoms with van der Waals surface area (Å²) in [6.45, 7) is 0.278. The first-order valence-electron chi connectivity index (χ1n) is 4.33. The first-order chi connectivity index (χ1) is 6.99. The van der Waals surface area contributed by atoms with Crippen molar-refractivity contribution in [1.29, 1.82) is 0 Å². The number of likely N-dealkylation sites (N-methyl/N-ethyl adjacent to an activating group) is 1. The molecule has 0 spiro atoms. The second-order valence-electron chi connectivity index (χ2n) is 3.12. The average Bonchev–Trinajstić information content (AvgIpc) is 2.15. The summed E-state index contributed by atoms with van der Waals surface area (Å²) >= 11 is 5.86. The van der Waals surface area contributed by atoms with Crippen molar-refractivity contribution in [3.63, 3.8) is 0 Å². The van der Waals surface area contributed by atoms with Crippen LogP contribution < -0.4 is 16.2 Å². The quantitative estimate of drug-likeness (QED) is 0.730. The summed E-state index contributed by atoms with van der Waals surface area (Å²) in [4.78, 5) is 13.1. The van der Waals surface area contributed by atoms with Crippen LogP contribution in [0.15, 0.2) is 4.79 Å². The summed E-state index contributed by atoms with van der Waals surface area (Å²) < 4.78 is 1.08.